The summed E-state index contributed by atoms with van der Waals surface area (Å²) < 4.78 is 0. The van der Waals surface area contributed by atoms with Crippen LogP contribution < -0.4 is 5.32 Å². The van der Waals surface area contributed by atoms with E-state index in [2.05, 4.69) is 23.8 Å². The molecule has 0 fully saturated rings. The predicted molar refractivity (Wildman–Crippen MR) is 65.1 cm³/mol. The second-order valence-corrected chi connectivity index (χ2v) is 3.87. The lowest BCUT2D eigenvalue weighted by Gasteiger charge is -2.16. The maximum absolute atomic E-state index is 5.79. The van der Waals surface area contributed by atoms with Crippen molar-refractivity contribution < 1.29 is 0 Å². The van der Waals surface area contributed by atoms with Crippen molar-refractivity contribution in [1.29, 1.82) is 0 Å². The van der Waals surface area contributed by atoms with E-state index in [1.165, 1.54) is 0 Å². The Kier molecular flexibility index (Phi) is 5.37. The molecule has 0 aliphatic carbocycles. The van der Waals surface area contributed by atoms with Crippen molar-refractivity contribution in [2.24, 2.45) is 0 Å². The highest BCUT2D eigenvalue weighted by Gasteiger charge is 2.09. The molecule has 82 valence electrons. The molecule has 1 rings (SSSR count). The number of pyridine rings is 1. The summed E-state index contributed by atoms with van der Waals surface area (Å²) in [5, 5.41) is 4.10. The molecule has 1 atom stereocenters. The Bertz CT molecular complexity index is 295. The van der Waals surface area contributed by atoms with E-state index in [0.717, 1.165) is 25.1 Å². The topological polar surface area (TPSA) is 24.9 Å². The zero-order valence-corrected chi connectivity index (χ0v) is 9.80. The first kappa shape index (κ1) is 12.2. The average molecular weight is 225 g/mol. The van der Waals surface area contributed by atoms with Crippen LogP contribution in [0.2, 0.25) is 5.02 Å². The lowest BCUT2D eigenvalue weighted by atomic mass is 10.1. The van der Waals surface area contributed by atoms with Crippen molar-refractivity contribution in [2.75, 3.05) is 6.54 Å². The van der Waals surface area contributed by atoms with Gasteiger partial charge < -0.3 is 5.32 Å². The highest BCUT2D eigenvalue weighted by Crippen LogP contribution is 2.16. The Balaban J connectivity index is 2.69. The summed E-state index contributed by atoms with van der Waals surface area (Å²) in [7, 11) is 0. The molecule has 0 saturated heterocycles. The molecule has 3 heteroatoms. The Morgan fingerprint density at radius 2 is 2.40 bits per heavy atom. The summed E-state index contributed by atoms with van der Waals surface area (Å²) in [6, 6.07) is 4.08. The SMILES string of the molecule is C=CCC(NCCC)c1ccc(Cl)cn1. The first-order valence-corrected chi connectivity index (χ1v) is 5.61. The van der Waals surface area contributed by atoms with E-state index in [4.69, 9.17) is 11.6 Å². The second kappa shape index (κ2) is 6.59. The van der Waals surface area contributed by atoms with Gasteiger partial charge in [-0.3, -0.25) is 4.98 Å². The lowest BCUT2D eigenvalue weighted by Crippen LogP contribution is -2.22. The standard InChI is InChI=1S/C12H17ClN2/c1-3-5-11(14-8-4-2)12-7-6-10(13)9-15-12/h3,6-7,9,11,14H,1,4-5,8H2,2H3. The number of halogens is 1. The van der Waals surface area contributed by atoms with Gasteiger partial charge in [0.2, 0.25) is 0 Å². The average Bonchev–Trinajstić information content (AvgIpc) is 2.25. The van der Waals surface area contributed by atoms with Crippen molar-refractivity contribution in [1.82, 2.24) is 10.3 Å². The summed E-state index contributed by atoms with van der Waals surface area (Å²) in [5.74, 6) is 0. The van der Waals surface area contributed by atoms with E-state index in [1.54, 1.807) is 6.20 Å². The Morgan fingerprint density at radius 3 is 2.93 bits per heavy atom. The largest absolute Gasteiger partial charge is 0.308 e. The monoisotopic (exact) mass is 224 g/mol. The molecule has 0 aromatic carbocycles. The number of rotatable bonds is 6. The van der Waals surface area contributed by atoms with Crippen LogP contribution in [0.15, 0.2) is 31.0 Å². The van der Waals surface area contributed by atoms with Gasteiger partial charge in [-0.2, -0.15) is 0 Å². The summed E-state index contributed by atoms with van der Waals surface area (Å²) in [5.41, 5.74) is 1.02. The van der Waals surface area contributed by atoms with Crippen molar-refractivity contribution in [3.8, 4) is 0 Å². The minimum Gasteiger partial charge on any atom is -0.308 e. The van der Waals surface area contributed by atoms with Gasteiger partial charge in [-0.1, -0.05) is 24.6 Å². The molecule has 0 bridgehead atoms. The summed E-state index contributed by atoms with van der Waals surface area (Å²) in [4.78, 5) is 4.31. The smallest absolute Gasteiger partial charge is 0.0589 e. The van der Waals surface area contributed by atoms with Gasteiger partial charge in [0, 0.05) is 6.20 Å². The third-order valence-corrected chi connectivity index (χ3v) is 2.37. The Morgan fingerprint density at radius 1 is 1.60 bits per heavy atom. The van der Waals surface area contributed by atoms with Crippen LogP contribution in [-0.2, 0) is 0 Å². The molecule has 0 aliphatic heterocycles. The van der Waals surface area contributed by atoms with Crippen LogP contribution in [-0.4, -0.2) is 11.5 Å². The molecular formula is C12H17ClN2. The van der Waals surface area contributed by atoms with Crippen LogP contribution in [0, 0.1) is 0 Å². The van der Waals surface area contributed by atoms with Crippen LogP contribution in [0.25, 0.3) is 0 Å². The van der Waals surface area contributed by atoms with Gasteiger partial charge in [0.25, 0.3) is 0 Å². The molecule has 0 aliphatic rings. The summed E-state index contributed by atoms with van der Waals surface area (Å²) >= 11 is 5.79. The first-order chi connectivity index (χ1) is 7.27. The summed E-state index contributed by atoms with van der Waals surface area (Å²) in [6.07, 6.45) is 5.58. The van der Waals surface area contributed by atoms with Crippen LogP contribution in [0.1, 0.15) is 31.5 Å². The van der Waals surface area contributed by atoms with Crippen LogP contribution in [0.3, 0.4) is 0 Å². The molecule has 1 unspecified atom stereocenters. The van der Waals surface area contributed by atoms with Crippen molar-refractivity contribution in [3.05, 3.63) is 41.7 Å². The second-order valence-electron chi connectivity index (χ2n) is 3.43. The number of hydrogen-bond acceptors (Lipinski definition) is 2. The van der Waals surface area contributed by atoms with Gasteiger partial charge in [0.15, 0.2) is 0 Å². The Hall–Kier alpha value is -0.860. The van der Waals surface area contributed by atoms with Gasteiger partial charge in [0.1, 0.15) is 0 Å². The van der Waals surface area contributed by atoms with Crippen molar-refractivity contribution in [3.63, 3.8) is 0 Å². The molecular weight excluding hydrogens is 208 g/mol. The van der Waals surface area contributed by atoms with E-state index in [9.17, 15) is 0 Å². The highest BCUT2D eigenvalue weighted by molar-refractivity contribution is 6.30. The lowest BCUT2D eigenvalue weighted by molar-refractivity contribution is 0.525. The predicted octanol–water partition coefficient (Wildman–Crippen LogP) is 3.35. The molecule has 1 heterocycles. The van der Waals surface area contributed by atoms with Gasteiger partial charge in [0.05, 0.1) is 16.8 Å². The Labute approximate surface area is 96.4 Å². The fourth-order valence-electron chi connectivity index (χ4n) is 1.39. The van der Waals surface area contributed by atoms with Gasteiger partial charge in [-0.25, -0.2) is 0 Å². The van der Waals surface area contributed by atoms with Crippen LogP contribution in [0.5, 0.6) is 0 Å². The van der Waals surface area contributed by atoms with Gasteiger partial charge in [-0.05, 0) is 31.5 Å². The highest BCUT2D eigenvalue weighted by atomic mass is 35.5. The van der Waals surface area contributed by atoms with E-state index >= 15 is 0 Å². The first-order valence-electron chi connectivity index (χ1n) is 5.23. The van der Waals surface area contributed by atoms with Crippen molar-refractivity contribution in [2.45, 2.75) is 25.8 Å². The zero-order chi connectivity index (χ0) is 11.1. The van der Waals surface area contributed by atoms with E-state index in [-0.39, 0.29) is 6.04 Å². The quantitative estimate of drug-likeness (QED) is 0.750. The van der Waals surface area contributed by atoms with E-state index < -0.39 is 0 Å². The third kappa shape index (κ3) is 4.02. The van der Waals surface area contributed by atoms with Crippen molar-refractivity contribution >= 4 is 11.6 Å². The summed E-state index contributed by atoms with van der Waals surface area (Å²) in [6.45, 7) is 6.89. The molecule has 0 spiro atoms. The number of aromatic nitrogens is 1. The molecule has 15 heavy (non-hydrogen) atoms. The molecule has 1 N–H and O–H groups in total. The molecule has 2 nitrogen and oxygen atoms in total. The normalized spacial score (nSPS) is 12.4. The van der Waals surface area contributed by atoms with Gasteiger partial charge in [-0.15, -0.1) is 6.58 Å². The molecule has 1 aromatic rings. The minimum atomic E-state index is 0.250. The fraction of sp³-hybridized carbons (Fsp3) is 0.417. The molecule has 1 aromatic heterocycles. The maximum Gasteiger partial charge on any atom is 0.0589 e. The van der Waals surface area contributed by atoms with Crippen LogP contribution in [0.4, 0.5) is 0 Å². The molecule has 0 amide bonds. The number of hydrogen-bond donors (Lipinski definition) is 1. The fourth-order valence-corrected chi connectivity index (χ4v) is 1.50. The molecule has 0 radical (unpaired) electrons. The van der Waals surface area contributed by atoms with E-state index in [1.807, 2.05) is 18.2 Å². The van der Waals surface area contributed by atoms with Gasteiger partial charge >= 0.3 is 0 Å². The third-order valence-electron chi connectivity index (χ3n) is 2.15. The number of nitrogens with zero attached hydrogens (tertiary/aromatic N) is 1. The van der Waals surface area contributed by atoms with Crippen LogP contribution >= 0.6 is 11.6 Å². The maximum atomic E-state index is 5.79. The zero-order valence-electron chi connectivity index (χ0n) is 9.04. The molecule has 0 saturated carbocycles. The number of nitrogens with one attached hydrogen (secondary N) is 1. The minimum absolute atomic E-state index is 0.250. The van der Waals surface area contributed by atoms with E-state index in [0.29, 0.717) is 5.02 Å².